The third kappa shape index (κ3) is 4.86. The smallest absolute Gasteiger partial charge is 0.307 e. The number of Topliss-reactive ketones (excluding diaryl/α,β-unsaturated/α-hetero) is 1. The van der Waals surface area contributed by atoms with E-state index in [1.165, 1.54) is 7.11 Å². The molecule has 5 nitrogen and oxygen atoms in total. The van der Waals surface area contributed by atoms with Gasteiger partial charge >= 0.3 is 5.97 Å². The van der Waals surface area contributed by atoms with Crippen LogP contribution in [0.4, 0.5) is 0 Å². The Morgan fingerprint density at radius 1 is 1.29 bits per heavy atom. The van der Waals surface area contributed by atoms with Gasteiger partial charge < -0.3 is 14.8 Å². The van der Waals surface area contributed by atoms with E-state index in [1.807, 2.05) is 19.9 Å². The topological polar surface area (TPSA) is 64.6 Å². The van der Waals surface area contributed by atoms with Gasteiger partial charge in [0.15, 0.2) is 5.78 Å². The van der Waals surface area contributed by atoms with Gasteiger partial charge in [-0.25, -0.2) is 0 Å². The monoisotopic (exact) mass is 293 g/mol. The SMILES string of the molecule is CCCNC(CC(=O)OC)C(=O)c1ccc(OC)cc1C. The van der Waals surface area contributed by atoms with Gasteiger partial charge in [0.1, 0.15) is 5.75 Å². The highest BCUT2D eigenvalue weighted by Gasteiger charge is 2.24. The molecule has 0 fully saturated rings. The highest BCUT2D eigenvalue weighted by Crippen LogP contribution is 2.19. The van der Waals surface area contributed by atoms with Crippen molar-refractivity contribution in [1.29, 1.82) is 0 Å². The molecule has 0 aliphatic heterocycles. The van der Waals surface area contributed by atoms with Crippen molar-refractivity contribution < 1.29 is 19.1 Å². The maximum Gasteiger partial charge on any atom is 0.307 e. The number of esters is 1. The number of hydrogen-bond donors (Lipinski definition) is 1. The van der Waals surface area contributed by atoms with Crippen LogP contribution in [0.25, 0.3) is 0 Å². The van der Waals surface area contributed by atoms with E-state index >= 15 is 0 Å². The van der Waals surface area contributed by atoms with Crippen LogP contribution >= 0.6 is 0 Å². The zero-order chi connectivity index (χ0) is 15.8. The van der Waals surface area contributed by atoms with Gasteiger partial charge in [-0.2, -0.15) is 0 Å². The molecule has 0 amide bonds. The van der Waals surface area contributed by atoms with E-state index in [0.717, 1.165) is 12.0 Å². The van der Waals surface area contributed by atoms with Crippen LogP contribution in [0.2, 0.25) is 0 Å². The summed E-state index contributed by atoms with van der Waals surface area (Å²) in [6.45, 7) is 4.53. The van der Waals surface area contributed by atoms with E-state index in [1.54, 1.807) is 19.2 Å². The largest absolute Gasteiger partial charge is 0.497 e. The number of methoxy groups -OCH3 is 2. The number of benzene rings is 1. The van der Waals surface area contributed by atoms with Crippen LogP contribution < -0.4 is 10.1 Å². The van der Waals surface area contributed by atoms with Crippen LogP contribution in [0.3, 0.4) is 0 Å². The molecule has 1 aromatic carbocycles. The van der Waals surface area contributed by atoms with Gasteiger partial charge in [0, 0.05) is 5.56 Å². The van der Waals surface area contributed by atoms with Gasteiger partial charge in [-0.3, -0.25) is 9.59 Å². The molecule has 0 saturated heterocycles. The minimum absolute atomic E-state index is 0.0286. The summed E-state index contributed by atoms with van der Waals surface area (Å²) in [5.74, 6) is 0.201. The summed E-state index contributed by atoms with van der Waals surface area (Å²) in [5.41, 5.74) is 1.42. The zero-order valence-electron chi connectivity index (χ0n) is 13.1. The van der Waals surface area contributed by atoms with Crippen LogP contribution in [0.5, 0.6) is 5.75 Å². The summed E-state index contributed by atoms with van der Waals surface area (Å²) in [6, 6.07) is 4.72. The standard InChI is InChI=1S/C16H23NO4/c1-5-8-17-14(10-15(18)21-4)16(19)13-7-6-12(20-3)9-11(13)2/h6-7,9,14,17H,5,8,10H2,1-4H3. The Kier molecular flexibility index (Phi) is 6.88. The molecule has 0 bridgehead atoms. The fraction of sp³-hybridized carbons (Fsp3) is 0.500. The number of carbonyl (C=O) groups excluding carboxylic acids is 2. The molecule has 0 aromatic heterocycles. The van der Waals surface area contributed by atoms with Crippen LogP contribution in [0.1, 0.15) is 35.7 Å². The summed E-state index contributed by atoms with van der Waals surface area (Å²) in [4.78, 5) is 24.1. The van der Waals surface area contributed by atoms with Gasteiger partial charge in [0.05, 0.1) is 26.7 Å². The van der Waals surface area contributed by atoms with Crippen molar-refractivity contribution in [3.8, 4) is 5.75 Å². The Bertz CT molecular complexity index is 499. The van der Waals surface area contributed by atoms with E-state index in [-0.39, 0.29) is 12.2 Å². The molecule has 0 radical (unpaired) electrons. The number of hydrogen-bond acceptors (Lipinski definition) is 5. The van der Waals surface area contributed by atoms with Gasteiger partial charge in [-0.1, -0.05) is 6.92 Å². The molecule has 0 heterocycles. The first-order valence-electron chi connectivity index (χ1n) is 7.02. The molecule has 1 N–H and O–H groups in total. The van der Waals surface area contributed by atoms with Crippen molar-refractivity contribution in [1.82, 2.24) is 5.32 Å². The van der Waals surface area contributed by atoms with Gasteiger partial charge in [-0.05, 0) is 43.7 Å². The number of ketones is 1. The third-order valence-electron chi connectivity index (χ3n) is 3.25. The first-order chi connectivity index (χ1) is 10.0. The molecular formula is C16H23NO4. The first kappa shape index (κ1) is 17.2. The number of carbonyl (C=O) groups is 2. The van der Waals surface area contributed by atoms with E-state index < -0.39 is 12.0 Å². The quantitative estimate of drug-likeness (QED) is 0.587. The van der Waals surface area contributed by atoms with Crippen LogP contribution in [-0.2, 0) is 9.53 Å². The molecule has 21 heavy (non-hydrogen) atoms. The van der Waals surface area contributed by atoms with Crippen LogP contribution in [0.15, 0.2) is 18.2 Å². The van der Waals surface area contributed by atoms with Gasteiger partial charge in [0.25, 0.3) is 0 Å². The van der Waals surface area contributed by atoms with Crippen molar-refractivity contribution in [2.24, 2.45) is 0 Å². The number of nitrogens with one attached hydrogen (secondary N) is 1. The fourth-order valence-corrected chi connectivity index (χ4v) is 2.05. The molecule has 1 atom stereocenters. The lowest BCUT2D eigenvalue weighted by molar-refractivity contribution is -0.140. The van der Waals surface area contributed by atoms with E-state index in [4.69, 9.17) is 4.74 Å². The lowest BCUT2D eigenvalue weighted by Gasteiger charge is -2.17. The molecule has 0 aliphatic rings. The van der Waals surface area contributed by atoms with Crippen molar-refractivity contribution in [2.45, 2.75) is 32.7 Å². The minimum atomic E-state index is -0.565. The summed E-state index contributed by atoms with van der Waals surface area (Å²) < 4.78 is 9.80. The Labute approximate surface area is 125 Å². The Balaban J connectivity index is 2.95. The van der Waals surface area contributed by atoms with E-state index in [0.29, 0.717) is 17.9 Å². The average molecular weight is 293 g/mol. The highest BCUT2D eigenvalue weighted by atomic mass is 16.5. The molecule has 1 rings (SSSR count). The normalized spacial score (nSPS) is 11.8. The maximum absolute atomic E-state index is 12.6. The van der Waals surface area contributed by atoms with Crippen molar-refractivity contribution in [3.05, 3.63) is 29.3 Å². The average Bonchev–Trinajstić information content (AvgIpc) is 2.50. The third-order valence-corrected chi connectivity index (χ3v) is 3.25. The minimum Gasteiger partial charge on any atom is -0.497 e. The summed E-state index contributed by atoms with van der Waals surface area (Å²) in [7, 11) is 2.90. The molecule has 0 aliphatic carbocycles. The number of aryl methyl sites for hydroxylation is 1. The zero-order valence-corrected chi connectivity index (χ0v) is 13.1. The summed E-state index contributed by atoms with van der Waals surface area (Å²) in [6.07, 6.45) is 0.910. The Morgan fingerprint density at radius 3 is 2.52 bits per heavy atom. The molecular weight excluding hydrogens is 270 g/mol. The second-order valence-corrected chi connectivity index (χ2v) is 4.83. The van der Waals surface area contributed by atoms with E-state index in [9.17, 15) is 9.59 Å². The second-order valence-electron chi connectivity index (χ2n) is 4.83. The van der Waals surface area contributed by atoms with Gasteiger partial charge in [0.2, 0.25) is 0 Å². The first-order valence-corrected chi connectivity index (χ1v) is 7.02. The van der Waals surface area contributed by atoms with Gasteiger partial charge in [-0.15, -0.1) is 0 Å². The van der Waals surface area contributed by atoms with Crippen LogP contribution in [0, 0.1) is 6.92 Å². The number of rotatable bonds is 8. The lowest BCUT2D eigenvalue weighted by atomic mass is 9.97. The fourth-order valence-electron chi connectivity index (χ4n) is 2.05. The van der Waals surface area contributed by atoms with Crippen molar-refractivity contribution in [2.75, 3.05) is 20.8 Å². The van der Waals surface area contributed by atoms with Crippen LogP contribution in [-0.4, -0.2) is 38.6 Å². The molecule has 1 aromatic rings. The second kappa shape index (κ2) is 8.42. The maximum atomic E-state index is 12.6. The molecule has 1 unspecified atom stereocenters. The molecule has 0 spiro atoms. The summed E-state index contributed by atoms with van der Waals surface area (Å²) >= 11 is 0. The Hall–Kier alpha value is -1.88. The van der Waals surface area contributed by atoms with Crippen molar-refractivity contribution in [3.63, 3.8) is 0 Å². The lowest BCUT2D eigenvalue weighted by Crippen LogP contribution is -2.39. The highest BCUT2D eigenvalue weighted by molar-refractivity contribution is 6.03. The molecule has 116 valence electrons. The predicted molar refractivity (Wildman–Crippen MR) is 80.8 cm³/mol. The summed E-state index contributed by atoms with van der Waals surface area (Å²) in [5, 5.41) is 3.11. The van der Waals surface area contributed by atoms with E-state index in [2.05, 4.69) is 10.1 Å². The molecule has 0 saturated carbocycles. The number of ether oxygens (including phenoxy) is 2. The predicted octanol–water partition coefficient (Wildman–Crippen LogP) is 2.12. The Morgan fingerprint density at radius 2 is 2.00 bits per heavy atom. The van der Waals surface area contributed by atoms with Crippen molar-refractivity contribution >= 4 is 11.8 Å². The molecule has 5 heteroatoms.